The van der Waals surface area contributed by atoms with E-state index >= 15 is 0 Å². The van der Waals surface area contributed by atoms with E-state index in [9.17, 15) is 14.4 Å². The van der Waals surface area contributed by atoms with Gasteiger partial charge in [0, 0.05) is 18.2 Å². The summed E-state index contributed by atoms with van der Waals surface area (Å²) < 4.78 is 0. The van der Waals surface area contributed by atoms with Crippen LogP contribution in [0.1, 0.15) is 52.2 Å². The lowest BCUT2D eigenvalue weighted by molar-refractivity contribution is -0.119. The van der Waals surface area contributed by atoms with Gasteiger partial charge in [0.05, 0.1) is 12.4 Å². The zero-order valence-electron chi connectivity index (χ0n) is 14.6. The Morgan fingerprint density at radius 2 is 1.78 bits per heavy atom. The highest BCUT2D eigenvalue weighted by molar-refractivity contribution is 5.93. The molecule has 8 nitrogen and oxygen atoms in total. The van der Waals surface area contributed by atoms with Crippen molar-refractivity contribution in [3.63, 3.8) is 0 Å². The van der Waals surface area contributed by atoms with Crippen LogP contribution >= 0.6 is 0 Å². The number of aromatic nitrogens is 2. The Kier molecular flexibility index (Phi) is 5.75. The normalized spacial score (nSPS) is 13.9. The Bertz CT molecular complexity index is 845. The van der Waals surface area contributed by atoms with Crippen molar-refractivity contribution in [2.45, 2.75) is 32.2 Å². The molecule has 0 unspecified atom stereocenters. The predicted molar refractivity (Wildman–Crippen MR) is 97.2 cm³/mol. The Hall–Kier alpha value is -3.29. The molecular weight excluding hydrogens is 348 g/mol. The summed E-state index contributed by atoms with van der Waals surface area (Å²) in [5.41, 5.74) is 1.33. The summed E-state index contributed by atoms with van der Waals surface area (Å²) in [6.45, 7) is 0.244. The first-order valence-corrected chi connectivity index (χ1v) is 8.76. The van der Waals surface area contributed by atoms with Crippen molar-refractivity contribution in [1.29, 1.82) is 0 Å². The maximum atomic E-state index is 12.2. The van der Waals surface area contributed by atoms with E-state index in [1.807, 2.05) is 24.3 Å². The quantitative estimate of drug-likeness (QED) is 0.719. The third-order valence-electron chi connectivity index (χ3n) is 4.48. The molecule has 1 heterocycles. The number of anilines is 1. The third-order valence-corrected chi connectivity index (χ3v) is 4.48. The number of nitrogens with zero attached hydrogens (tertiary/aromatic N) is 2. The maximum Gasteiger partial charge on any atom is 0.356 e. The topological polar surface area (TPSA) is 121 Å². The average Bonchev–Trinajstić information content (AvgIpc) is 3.21. The van der Waals surface area contributed by atoms with E-state index in [-0.39, 0.29) is 29.8 Å². The van der Waals surface area contributed by atoms with Crippen molar-refractivity contribution >= 4 is 23.5 Å². The summed E-state index contributed by atoms with van der Waals surface area (Å²) in [6, 6.07) is 7.28. The highest BCUT2D eigenvalue weighted by atomic mass is 16.4. The van der Waals surface area contributed by atoms with Crippen molar-refractivity contribution < 1.29 is 19.5 Å². The molecule has 2 aromatic rings. The smallest absolute Gasteiger partial charge is 0.356 e. The van der Waals surface area contributed by atoms with Crippen LogP contribution in [0.15, 0.2) is 36.7 Å². The van der Waals surface area contributed by atoms with Crippen LogP contribution in [0.4, 0.5) is 5.69 Å². The van der Waals surface area contributed by atoms with Crippen LogP contribution in [0.2, 0.25) is 0 Å². The van der Waals surface area contributed by atoms with Crippen molar-refractivity contribution in [1.82, 2.24) is 15.3 Å². The molecule has 1 aromatic carbocycles. The number of nitrogens with one attached hydrogen (secondary N) is 2. The van der Waals surface area contributed by atoms with Gasteiger partial charge in [0.25, 0.3) is 5.91 Å². The van der Waals surface area contributed by atoms with Gasteiger partial charge in [0.1, 0.15) is 5.69 Å². The molecule has 3 N–H and O–H groups in total. The van der Waals surface area contributed by atoms with E-state index in [4.69, 9.17) is 5.11 Å². The summed E-state index contributed by atoms with van der Waals surface area (Å²) >= 11 is 0. The van der Waals surface area contributed by atoms with Crippen LogP contribution in [0, 0.1) is 5.92 Å². The second-order valence-corrected chi connectivity index (χ2v) is 6.45. The number of carboxylic acid groups (broad SMARTS) is 1. The summed E-state index contributed by atoms with van der Waals surface area (Å²) in [5, 5.41) is 14.4. The van der Waals surface area contributed by atoms with Gasteiger partial charge in [-0.25, -0.2) is 14.8 Å². The molecule has 1 aromatic heterocycles. The fourth-order valence-corrected chi connectivity index (χ4v) is 3.02. The lowest BCUT2D eigenvalue weighted by Crippen LogP contribution is -2.24. The molecule has 0 aliphatic heterocycles. The number of benzene rings is 1. The molecule has 2 amide bonds. The van der Waals surface area contributed by atoms with E-state index in [0.717, 1.165) is 43.6 Å². The lowest BCUT2D eigenvalue weighted by atomic mass is 10.1. The molecule has 3 rings (SSSR count). The molecule has 8 heteroatoms. The van der Waals surface area contributed by atoms with Gasteiger partial charge in [-0.3, -0.25) is 9.59 Å². The van der Waals surface area contributed by atoms with Crippen molar-refractivity contribution in [3.05, 3.63) is 53.6 Å². The van der Waals surface area contributed by atoms with E-state index in [0.29, 0.717) is 5.69 Å². The van der Waals surface area contributed by atoms with Crippen LogP contribution in [0.3, 0.4) is 0 Å². The maximum absolute atomic E-state index is 12.2. The van der Waals surface area contributed by atoms with Gasteiger partial charge in [0.15, 0.2) is 5.69 Å². The van der Waals surface area contributed by atoms with Crippen LogP contribution < -0.4 is 10.6 Å². The zero-order chi connectivity index (χ0) is 19.2. The van der Waals surface area contributed by atoms with Gasteiger partial charge in [-0.05, 0) is 30.5 Å². The van der Waals surface area contributed by atoms with Gasteiger partial charge in [-0.2, -0.15) is 0 Å². The van der Waals surface area contributed by atoms with Crippen molar-refractivity contribution in [3.8, 4) is 0 Å². The first-order chi connectivity index (χ1) is 13.0. The predicted octanol–water partition coefficient (Wildman–Crippen LogP) is 2.23. The largest absolute Gasteiger partial charge is 0.476 e. The molecule has 0 radical (unpaired) electrons. The molecule has 140 valence electrons. The number of carboxylic acids is 1. The molecule has 0 bridgehead atoms. The average molecular weight is 368 g/mol. The highest BCUT2D eigenvalue weighted by Crippen LogP contribution is 2.26. The standard InChI is InChI=1S/C19H20N4O4/c24-17(13-5-1-2-6-13)23-14-7-3-4-12(8-14)9-22-18(25)15-10-21-16(11-20-15)19(26)27/h3-4,7-8,10-11,13H,1-2,5-6,9H2,(H,22,25)(H,23,24)(H,26,27). The Balaban J connectivity index is 1.56. The van der Waals surface area contributed by atoms with Gasteiger partial charge in [-0.1, -0.05) is 25.0 Å². The summed E-state index contributed by atoms with van der Waals surface area (Å²) in [7, 11) is 0. The van der Waals surface area contributed by atoms with E-state index in [2.05, 4.69) is 20.6 Å². The molecule has 1 aliphatic carbocycles. The second-order valence-electron chi connectivity index (χ2n) is 6.45. The van der Waals surface area contributed by atoms with Crippen molar-refractivity contribution in [2.24, 2.45) is 5.92 Å². The van der Waals surface area contributed by atoms with Crippen molar-refractivity contribution in [2.75, 3.05) is 5.32 Å². The fraction of sp³-hybridized carbons (Fsp3) is 0.316. The molecule has 0 spiro atoms. The zero-order valence-corrected chi connectivity index (χ0v) is 14.6. The number of hydrogen-bond acceptors (Lipinski definition) is 5. The number of aromatic carboxylic acids is 1. The first-order valence-electron chi connectivity index (χ1n) is 8.76. The van der Waals surface area contributed by atoms with Gasteiger partial charge in [-0.15, -0.1) is 0 Å². The number of rotatable bonds is 6. The molecule has 0 atom stereocenters. The van der Waals surface area contributed by atoms with Crippen LogP contribution in [0.5, 0.6) is 0 Å². The summed E-state index contributed by atoms with van der Waals surface area (Å²) in [6.07, 6.45) is 6.22. The summed E-state index contributed by atoms with van der Waals surface area (Å²) in [4.78, 5) is 42.5. The fourth-order valence-electron chi connectivity index (χ4n) is 3.02. The molecule has 27 heavy (non-hydrogen) atoms. The lowest BCUT2D eigenvalue weighted by Gasteiger charge is -2.11. The Morgan fingerprint density at radius 3 is 2.44 bits per heavy atom. The second kappa shape index (κ2) is 8.39. The number of hydrogen-bond donors (Lipinski definition) is 3. The molecular formula is C19H20N4O4. The van der Waals surface area contributed by atoms with Gasteiger partial charge < -0.3 is 15.7 Å². The molecule has 1 aliphatic rings. The van der Waals surface area contributed by atoms with Crippen LogP contribution in [-0.2, 0) is 11.3 Å². The minimum absolute atomic E-state index is 0.0330. The van der Waals surface area contributed by atoms with Gasteiger partial charge in [0.2, 0.25) is 5.91 Å². The van der Waals surface area contributed by atoms with E-state index < -0.39 is 11.9 Å². The number of carbonyl (C=O) groups is 3. The van der Waals surface area contributed by atoms with E-state index in [1.165, 1.54) is 0 Å². The SMILES string of the molecule is O=C(O)c1cnc(C(=O)NCc2cccc(NC(=O)C3CCCC3)c2)cn1. The monoisotopic (exact) mass is 368 g/mol. The number of amides is 2. The highest BCUT2D eigenvalue weighted by Gasteiger charge is 2.22. The van der Waals surface area contributed by atoms with Crippen LogP contribution in [-0.4, -0.2) is 32.9 Å². The van der Waals surface area contributed by atoms with Gasteiger partial charge >= 0.3 is 5.97 Å². The molecule has 1 fully saturated rings. The minimum atomic E-state index is -1.20. The molecule has 0 saturated heterocycles. The minimum Gasteiger partial charge on any atom is -0.476 e. The Morgan fingerprint density at radius 1 is 1.07 bits per heavy atom. The van der Waals surface area contributed by atoms with Crippen LogP contribution in [0.25, 0.3) is 0 Å². The molecule has 1 saturated carbocycles. The third kappa shape index (κ3) is 4.87. The first kappa shape index (κ1) is 18.5. The summed E-state index contributed by atoms with van der Waals surface area (Å²) in [5.74, 6) is -1.53. The Labute approximate surface area is 156 Å². The van der Waals surface area contributed by atoms with E-state index in [1.54, 1.807) is 0 Å². The number of carbonyl (C=O) groups excluding carboxylic acids is 2.